The third kappa shape index (κ3) is 5.73. The summed E-state index contributed by atoms with van der Waals surface area (Å²) in [4.78, 5) is 18.1. The summed E-state index contributed by atoms with van der Waals surface area (Å²) in [6, 6.07) is 7.76. The van der Waals surface area contributed by atoms with Crippen molar-refractivity contribution in [2.45, 2.75) is 26.9 Å². The summed E-state index contributed by atoms with van der Waals surface area (Å²) in [5.41, 5.74) is 4.25. The Morgan fingerprint density at radius 1 is 1.21 bits per heavy atom. The molecule has 0 unspecified atom stereocenters. The van der Waals surface area contributed by atoms with Crippen LogP contribution in [0.1, 0.15) is 22.5 Å². The molecule has 0 fully saturated rings. The Balaban J connectivity index is 2.09. The molecule has 0 saturated carbocycles. The largest absolute Gasteiger partial charge is 0.497 e. The number of hydrogen-bond acceptors (Lipinski definition) is 4. The van der Waals surface area contributed by atoms with Gasteiger partial charge in [0.15, 0.2) is 5.96 Å². The van der Waals surface area contributed by atoms with Gasteiger partial charge < -0.3 is 20.3 Å². The molecule has 28 heavy (non-hydrogen) atoms. The Morgan fingerprint density at radius 2 is 1.89 bits per heavy atom. The fraction of sp³-hybridized carbons (Fsp3) is 0.450. The second-order valence-corrected chi connectivity index (χ2v) is 6.78. The lowest BCUT2D eigenvalue weighted by Gasteiger charge is -2.15. The van der Waals surface area contributed by atoms with E-state index in [2.05, 4.69) is 20.7 Å². The maximum Gasteiger partial charge on any atom is 0.241 e. The van der Waals surface area contributed by atoms with Crippen molar-refractivity contribution < 1.29 is 9.53 Å². The van der Waals surface area contributed by atoms with Crippen LogP contribution in [0.25, 0.3) is 0 Å². The van der Waals surface area contributed by atoms with Gasteiger partial charge in [-0.3, -0.25) is 9.48 Å². The number of carbonyl (C=O) groups is 1. The first-order valence-corrected chi connectivity index (χ1v) is 9.16. The summed E-state index contributed by atoms with van der Waals surface area (Å²) in [6.45, 7) is 5.26. The number of nitrogens with zero attached hydrogens (tertiary/aromatic N) is 4. The van der Waals surface area contributed by atoms with Gasteiger partial charge in [-0.05, 0) is 31.5 Å². The van der Waals surface area contributed by atoms with Crippen LogP contribution in [0.5, 0.6) is 5.75 Å². The number of rotatable bonds is 7. The summed E-state index contributed by atoms with van der Waals surface area (Å²) < 4.78 is 7.05. The highest BCUT2D eigenvalue weighted by atomic mass is 16.5. The number of benzene rings is 1. The third-order valence-corrected chi connectivity index (χ3v) is 4.58. The van der Waals surface area contributed by atoms with E-state index in [0.29, 0.717) is 19.0 Å². The van der Waals surface area contributed by atoms with Crippen LogP contribution in [0.2, 0.25) is 0 Å². The Morgan fingerprint density at radius 3 is 2.43 bits per heavy atom. The topological polar surface area (TPSA) is 83.8 Å². The van der Waals surface area contributed by atoms with Gasteiger partial charge in [-0.15, -0.1) is 0 Å². The van der Waals surface area contributed by atoms with Crippen molar-refractivity contribution in [3.05, 3.63) is 46.8 Å². The van der Waals surface area contributed by atoms with Crippen LogP contribution in [-0.2, 0) is 24.9 Å². The van der Waals surface area contributed by atoms with Crippen molar-refractivity contribution >= 4 is 11.9 Å². The quantitative estimate of drug-likeness (QED) is 0.555. The van der Waals surface area contributed by atoms with E-state index < -0.39 is 0 Å². The number of likely N-dealkylation sites (N-methyl/N-ethyl adjacent to an activating group) is 1. The van der Waals surface area contributed by atoms with Crippen LogP contribution in [0.4, 0.5) is 0 Å². The second-order valence-electron chi connectivity index (χ2n) is 6.78. The molecule has 0 aliphatic heterocycles. The summed E-state index contributed by atoms with van der Waals surface area (Å²) in [5, 5.41) is 10.9. The molecule has 8 nitrogen and oxygen atoms in total. The molecule has 2 aromatic rings. The van der Waals surface area contributed by atoms with Crippen molar-refractivity contribution in [1.29, 1.82) is 0 Å². The molecule has 0 saturated heterocycles. The van der Waals surface area contributed by atoms with Crippen molar-refractivity contribution in [3.63, 3.8) is 0 Å². The molecule has 1 amide bonds. The predicted molar refractivity (Wildman–Crippen MR) is 110 cm³/mol. The molecule has 0 radical (unpaired) electrons. The highest BCUT2D eigenvalue weighted by molar-refractivity contribution is 5.86. The zero-order valence-electron chi connectivity index (χ0n) is 17.5. The van der Waals surface area contributed by atoms with Gasteiger partial charge in [-0.2, -0.15) is 5.10 Å². The van der Waals surface area contributed by atoms with Gasteiger partial charge >= 0.3 is 0 Å². The maximum atomic E-state index is 11.9. The number of aliphatic imine (C=N–C) groups is 1. The first-order chi connectivity index (χ1) is 13.3. The molecule has 0 bridgehead atoms. The summed E-state index contributed by atoms with van der Waals surface area (Å²) >= 11 is 0. The fourth-order valence-electron chi connectivity index (χ4n) is 2.64. The van der Waals surface area contributed by atoms with Crippen LogP contribution in [0.15, 0.2) is 29.3 Å². The molecule has 1 aromatic heterocycles. The molecule has 2 rings (SSSR count). The average molecular weight is 387 g/mol. The van der Waals surface area contributed by atoms with E-state index in [9.17, 15) is 4.79 Å². The standard InChI is InChI=1S/C20H30N6O2/c1-14-18(15(2)26(5)24-14)12-22-20(23-13-19(27)25(3)4)21-11-16-7-9-17(28-6)10-8-16/h7-10H,11-13H2,1-6H3,(H2,21,22,23). The van der Waals surface area contributed by atoms with Gasteiger partial charge in [-0.1, -0.05) is 12.1 Å². The molecular formula is C20H30N6O2. The normalized spacial score (nSPS) is 11.3. The number of ether oxygens (including phenoxy) is 1. The highest BCUT2D eigenvalue weighted by Crippen LogP contribution is 2.13. The van der Waals surface area contributed by atoms with Crippen molar-refractivity contribution in [3.8, 4) is 5.75 Å². The lowest BCUT2D eigenvalue weighted by molar-refractivity contribution is -0.127. The third-order valence-electron chi connectivity index (χ3n) is 4.58. The van der Waals surface area contributed by atoms with Crippen molar-refractivity contribution in [1.82, 2.24) is 25.3 Å². The highest BCUT2D eigenvalue weighted by Gasteiger charge is 2.11. The Hall–Kier alpha value is -3.03. The van der Waals surface area contributed by atoms with E-state index in [1.54, 1.807) is 26.1 Å². The molecule has 0 aliphatic carbocycles. The number of hydrogen-bond donors (Lipinski definition) is 2. The second kappa shape index (κ2) is 9.77. The molecular weight excluding hydrogens is 356 g/mol. The predicted octanol–water partition coefficient (Wildman–Crippen LogP) is 1.37. The van der Waals surface area contributed by atoms with Gasteiger partial charge in [0.25, 0.3) is 0 Å². The average Bonchev–Trinajstić information content (AvgIpc) is 2.92. The van der Waals surface area contributed by atoms with Crippen molar-refractivity contribution in [2.24, 2.45) is 12.0 Å². The van der Waals surface area contributed by atoms with Crippen LogP contribution in [0, 0.1) is 13.8 Å². The number of guanidine groups is 1. The van der Waals surface area contributed by atoms with Gasteiger partial charge in [0.2, 0.25) is 5.91 Å². The van der Waals surface area contributed by atoms with Crippen LogP contribution in [0.3, 0.4) is 0 Å². The van der Waals surface area contributed by atoms with E-state index in [1.165, 1.54) is 0 Å². The Labute approximate surface area is 166 Å². The van der Waals surface area contributed by atoms with E-state index in [1.807, 2.05) is 49.8 Å². The van der Waals surface area contributed by atoms with Gasteiger partial charge in [0.1, 0.15) is 5.75 Å². The SMILES string of the molecule is COc1ccc(CN=C(NCC(=O)N(C)C)NCc2c(C)nn(C)c2C)cc1. The minimum Gasteiger partial charge on any atom is -0.497 e. The monoisotopic (exact) mass is 386 g/mol. The lowest BCUT2D eigenvalue weighted by Crippen LogP contribution is -2.42. The molecule has 0 aliphatic rings. The Kier molecular flexibility index (Phi) is 7.43. The van der Waals surface area contributed by atoms with Crippen LogP contribution in [-0.4, -0.2) is 54.3 Å². The van der Waals surface area contributed by atoms with E-state index in [0.717, 1.165) is 28.3 Å². The van der Waals surface area contributed by atoms with Crippen LogP contribution < -0.4 is 15.4 Å². The molecule has 152 valence electrons. The van der Waals surface area contributed by atoms with Crippen LogP contribution >= 0.6 is 0 Å². The van der Waals surface area contributed by atoms with E-state index >= 15 is 0 Å². The number of nitrogens with one attached hydrogen (secondary N) is 2. The van der Waals surface area contributed by atoms with Gasteiger partial charge in [0.05, 0.1) is 25.9 Å². The summed E-state index contributed by atoms with van der Waals surface area (Å²) in [7, 11) is 7.03. The number of methoxy groups -OCH3 is 1. The first kappa shape index (κ1) is 21.3. The summed E-state index contributed by atoms with van der Waals surface area (Å²) in [6.07, 6.45) is 0. The van der Waals surface area contributed by atoms with E-state index in [-0.39, 0.29) is 12.5 Å². The zero-order chi connectivity index (χ0) is 20.7. The zero-order valence-corrected chi connectivity index (χ0v) is 17.5. The molecule has 1 heterocycles. The molecule has 0 spiro atoms. The fourth-order valence-corrected chi connectivity index (χ4v) is 2.64. The molecule has 2 N–H and O–H groups in total. The lowest BCUT2D eigenvalue weighted by atomic mass is 10.2. The summed E-state index contributed by atoms with van der Waals surface area (Å²) in [5.74, 6) is 1.37. The number of aryl methyl sites for hydroxylation is 2. The van der Waals surface area contributed by atoms with Crippen molar-refractivity contribution in [2.75, 3.05) is 27.7 Å². The maximum absolute atomic E-state index is 11.9. The smallest absolute Gasteiger partial charge is 0.241 e. The van der Waals surface area contributed by atoms with E-state index in [4.69, 9.17) is 4.74 Å². The Bertz CT molecular complexity index is 824. The first-order valence-electron chi connectivity index (χ1n) is 9.16. The molecule has 1 aromatic carbocycles. The number of carbonyl (C=O) groups excluding carboxylic acids is 1. The molecule has 8 heteroatoms. The minimum absolute atomic E-state index is 0.0207. The number of aromatic nitrogens is 2. The molecule has 0 atom stereocenters. The number of amides is 1. The minimum atomic E-state index is -0.0207. The van der Waals surface area contributed by atoms with Gasteiger partial charge in [-0.25, -0.2) is 4.99 Å². The van der Waals surface area contributed by atoms with Gasteiger partial charge in [0, 0.05) is 38.9 Å².